The van der Waals surface area contributed by atoms with Crippen molar-refractivity contribution < 1.29 is 22.8 Å². The van der Waals surface area contributed by atoms with Crippen molar-refractivity contribution in [3.8, 4) is 0 Å². The number of halogens is 3. The zero-order valence-electron chi connectivity index (χ0n) is 21.3. The molecular weight excluding hydrogens is 511 g/mol. The zero-order chi connectivity index (χ0) is 28.0. The molecule has 0 radical (unpaired) electrons. The standard InChI is InChI=1S/C27H28F3N7O2/c1-18(19-11-15-37(16-12-19)23(38)10-13-27(28,29)30)24-33-26(35-34-24)32-21-8-6-20(7-9-21)25(39)36(2)17-22-5-3-4-14-31-22/h3-9,11,14H,1,10,12-13,15-17H2,2H3,(H2,32,33,34,35). The van der Waals surface area contributed by atoms with Gasteiger partial charge in [-0.3, -0.25) is 19.7 Å². The number of benzene rings is 1. The second-order valence-electron chi connectivity index (χ2n) is 9.11. The van der Waals surface area contributed by atoms with Gasteiger partial charge in [-0.05, 0) is 48.4 Å². The summed E-state index contributed by atoms with van der Waals surface area (Å²) in [6, 6.07) is 12.5. The third kappa shape index (κ3) is 7.53. The Hall–Kier alpha value is -4.48. The van der Waals surface area contributed by atoms with Gasteiger partial charge in [-0.15, -0.1) is 5.10 Å². The van der Waals surface area contributed by atoms with Gasteiger partial charge < -0.3 is 15.1 Å². The number of aromatic nitrogens is 4. The van der Waals surface area contributed by atoms with Crippen molar-refractivity contribution in [2.24, 2.45) is 0 Å². The number of pyridine rings is 1. The summed E-state index contributed by atoms with van der Waals surface area (Å²) < 4.78 is 37.2. The topological polar surface area (TPSA) is 107 Å². The molecule has 0 bridgehead atoms. The summed E-state index contributed by atoms with van der Waals surface area (Å²) >= 11 is 0. The van der Waals surface area contributed by atoms with Gasteiger partial charge in [-0.25, -0.2) is 0 Å². The zero-order valence-corrected chi connectivity index (χ0v) is 21.3. The molecule has 204 valence electrons. The minimum atomic E-state index is -4.35. The molecule has 1 aliphatic heterocycles. The number of amides is 2. The molecule has 0 unspecified atom stereocenters. The molecule has 4 rings (SSSR count). The Balaban J connectivity index is 1.30. The number of allylic oxidation sites excluding steroid dienone is 1. The fourth-order valence-corrected chi connectivity index (χ4v) is 4.03. The van der Waals surface area contributed by atoms with E-state index >= 15 is 0 Å². The number of anilines is 2. The van der Waals surface area contributed by atoms with E-state index in [0.717, 1.165) is 11.3 Å². The summed E-state index contributed by atoms with van der Waals surface area (Å²) in [7, 11) is 1.72. The average molecular weight is 540 g/mol. The van der Waals surface area contributed by atoms with Crippen LogP contribution in [-0.4, -0.2) is 68.1 Å². The number of alkyl halides is 3. The predicted molar refractivity (Wildman–Crippen MR) is 140 cm³/mol. The second kappa shape index (κ2) is 11.9. The minimum Gasteiger partial charge on any atom is -0.339 e. The van der Waals surface area contributed by atoms with Gasteiger partial charge in [0.1, 0.15) is 0 Å². The highest BCUT2D eigenvalue weighted by molar-refractivity contribution is 5.94. The van der Waals surface area contributed by atoms with E-state index in [1.54, 1.807) is 48.5 Å². The molecule has 0 atom stereocenters. The van der Waals surface area contributed by atoms with Gasteiger partial charge in [0.15, 0.2) is 5.82 Å². The lowest BCUT2D eigenvalue weighted by molar-refractivity contribution is -0.148. The molecular formula is C27H28F3N7O2. The van der Waals surface area contributed by atoms with Crippen LogP contribution in [0, 0.1) is 0 Å². The second-order valence-corrected chi connectivity index (χ2v) is 9.11. The summed E-state index contributed by atoms with van der Waals surface area (Å²) in [5.41, 5.74) is 3.44. The molecule has 1 aromatic carbocycles. The van der Waals surface area contributed by atoms with E-state index < -0.39 is 24.9 Å². The first kappa shape index (κ1) is 27.6. The maximum Gasteiger partial charge on any atom is 0.389 e. The first-order valence-electron chi connectivity index (χ1n) is 12.3. The molecule has 2 amide bonds. The summed E-state index contributed by atoms with van der Waals surface area (Å²) in [6.07, 6.45) is -2.12. The van der Waals surface area contributed by atoms with Crippen molar-refractivity contribution in [2.75, 3.05) is 25.5 Å². The number of nitrogens with zero attached hydrogens (tertiary/aromatic N) is 5. The van der Waals surface area contributed by atoms with Crippen LogP contribution in [0.15, 0.2) is 66.9 Å². The van der Waals surface area contributed by atoms with Crippen molar-refractivity contribution in [1.29, 1.82) is 0 Å². The van der Waals surface area contributed by atoms with E-state index in [1.165, 1.54) is 4.90 Å². The van der Waals surface area contributed by atoms with Gasteiger partial charge in [-0.1, -0.05) is 18.7 Å². The third-order valence-electron chi connectivity index (χ3n) is 6.20. The average Bonchev–Trinajstić information content (AvgIpc) is 3.40. The SMILES string of the molecule is C=C(C1=CCN(C(=O)CCC(F)(F)F)CC1)c1nc(Nc2ccc(C(=O)N(C)Cc3ccccn3)cc2)n[nH]1. The summed E-state index contributed by atoms with van der Waals surface area (Å²) in [4.78, 5) is 36.4. The molecule has 0 saturated carbocycles. The molecule has 39 heavy (non-hydrogen) atoms. The van der Waals surface area contributed by atoms with Crippen LogP contribution in [0.5, 0.6) is 0 Å². The largest absolute Gasteiger partial charge is 0.389 e. The Morgan fingerprint density at radius 2 is 1.95 bits per heavy atom. The van der Waals surface area contributed by atoms with Gasteiger partial charge in [-0.2, -0.15) is 18.2 Å². The highest BCUT2D eigenvalue weighted by Crippen LogP contribution is 2.27. The fourth-order valence-electron chi connectivity index (χ4n) is 4.03. The first-order valence-corrected chi connectivity index (χ1v) is 12.3. The van der Waals surface area contributed by atoms with Crippen LogP contribution in [-0.2, 0) is 11.3 Å². The summed E-state index contributed by atoms with van der Waals surface area (Å²) in [6.45, 7) is 4.97. The summed E-state index contributed by atoms with van der Waals surface area (Å²) in [5, 5.41) is 10.1. The van der Waals surface area contributed by atoms with Gasteiger partial charge in [0.25, 0.3) is 5.91 Å². The van der Waals surface area contributed by atoms with Gasteiger partial charge in [0.2, 0.25) is 11.9 Å². The number of rotatable bonds is 9. The molecule has 2 aromatic heterocycles. The quantitative estimate of drug-likeness (QED) is 0.407. The normalized spacial score (nSPS) is 13.5. The molecule has 9 nitrogen and oxygen atoms in total. The van der Waals surface area contributed by atoms with E-state index in [-0.39, 0.29) is 12.5 Å². The van der Waals surface area contributed by atoms with Crippen molar-refractivity contribution >= 4 is 29.0 Å². The number of aromatic amines is 1. The highest BCUT2D eigenvalue weighted by Gasteiger charge is 2.29. The molecule has 1 aliphatic rings. The van der Waals surface area contributed by atoms with Crippen LogP contribution in [0.3, 0.4) is 0 Å². The van der Waals surface area contributed by atoms with Crippen molar-refractivity contribution in [1.82, 2.24) is 30.0 Å². The van der Waals surface area contributed by atoms with Crippen LogP contribution in [0.4, 0.5) is 24.8 Å². The van der Waals surface area contributed by atoms with Gasteiger partial charge >= 0.3 is 6.18 Å². The van der Waals surface area contributed by atoms with Crippen molar-refractivity contribution in [3.63, 3.8) is 0 Å². The van der Waals surface area contributed by atoms with E-state index in [2.05, 4.69) is 32.1 Å². The van der Waals surface area contributed by atoms with Crippen molar-refractivity contribution in [2.45, 2.75) is 32.0 Å². The van der Waals surface area contributed by atoms with Crippen LogP contribution >= 0.6 is 0 Å². The number of hydrogen-bond acceptors (Lipinski definition) is 6. The molecule has 0 spiro atoms. The number of carbonyl (C=O) groups is 2. The minimum absolute atomic E-state index is 0.134. The van der Waals surface area contributed by atoms with Crippen molar-refractivity contribution in [3.05, 3.63) is 84.0 Å². The molecule has 0 fully saturated rings. The Bertz CT molecular complexity index is 1350. The third-order valence-corrected chi connectivity index (χ3v) is 6.20. The lowest BCUT2D eigenvalue weighted by Gasteiger charge is -2.27. The summed E-state index contributed by atoms with van der Waals surface area (Å²) in [5.74, 6) is 0.0819. The van der Waals surface area contributed by atoms with Crippen LogP contribution in [0.2, 0.25) is 0 Å². The van der Waals surface area contributed by atoms with Gasteiger partial charge in [0.05, 0.1) is 18.7 Å². The molecule has 0 aliphatic carbocycles. The Labute approximate surface area is 223 Å². The van der Waals surface area contributed by atoms with E-state index in [0.29, 0.717) is 48.1 Å². The smallest absolute Gasteiger partial charge is 0.339 e. The Kier molecular flexibility index (Phi) is 8.43. The van der Waals surface area contributed by atoms with E-state index in [1.807, 2.05) is 18.2 Å². The maximum atomic E-state index is 12.7. The lowest BCUT2D eigenvalue weighted by atomic mass is 10.00. The van der Waals surface area contributed by atoms with Crippen LogP contribution in [0.25, 0.3) is 5.57 Å². The van der Waals surface area contributed by atoms with Crippen LogP contribution in [0.1, 0.15) is 41.1 Å². The molecule has 3 heterocycles. The van der Waals surface area contributed by atoms with E-state index in [4.69, 9.17) is 0 Å². The predicted octanol–water partition coefficient (Wildman–Crippen LogP) is 4.73. The number of carbonyl (C=O) groups excluding carboxylic acids is 2. The van der Waals surface area contributed by atoms with E-state index in [9.17, 15) is 22.8 Å². The molecule has 12 heteroatoms. The van der Waals surface area contributed by atoms with Crippen LogP contribution < -0.4 is 5.32 Å². The molecule has 2 N–H and O–H groups in total. The Morgan fingerprint density at radius 3 is 2.59 bits per heavy atom. The Morgan fingerprint density at radius 1 is 1.18 bits per heavy atom. The van der Waals surface area contributed by atoms with Gasteiger partial charge in [0, 0.05) is 49.6 Å². The molecule has 0 saturated heterocycles. The molecule has 3 aromatic rings. The fraction of sp³-hybridized carbons (Fsp3) is 0.296. The number of H-pyrrole nitrogens is 1. The monoisotopic (exact) mass is 539 g/mol. The first-order chi connectivity index (χ1) is 18.6. The number of hydrogen-bond donors (Lipinski definition) is 2. The number of nitrogens with one attached hydrogen (secondary N) is 2. The highest BCUT2D eigenvalue weighted by atomic mass is 19.4. The lowest BCUT2D eigenvalue weighted by Crippen LogP contribution is -2.35. The maximum absolute atomic E-state index is 12.7.